The summed E-state index contributed by atoms with van der Waals surface area (Å²) in [5.41, 5.74) is 0.219. The van der Waals surface area contributed by atoms with Gasteiger partial charge in [0.1, 0.15) is 0 Å². The highest BCUT2D eigenvalue weighted by Gasteiger charge is 2.24. The molecule has 0 amide bonds. The topological polar surface area (TPSA) is 32.3 Å². The lowest BCUT2D eigenvalue weighted by molar-refractivity contribution is 0.201. The predicted molar refractivity (Wildman–Crippen MR) is 68.4 cm³/mol. The highest BCUT2D eigenvalue weighted by atomic mass is 32.2. The molecule has 0 radical (unpaired) electrons. The summed E-state index contributed by atoms with van der Waals surface area (Å²) in [6, 6.07) is 0.668. The Kier molecular flexibility index (Phi) is 5.44. The van der Waals surface area contributed by atoms with Gasteiger partial charge in [-0.25, -0.2) is 0 Å². The lowest BCUT2D eigenvalue weighted by Crippen LogP contribution is -2.43. The van der Waals surface area contributed by atoms with Gasteiger partial charge in [0.2, 0.25) is 0 Å². The summed E-state index contributed by atoms with van der Waals surface area (Å²) in [7, 11) is 0. The van der Waals surface area contributed by atoms with Crippen molar-refractivity contribution in [1.82, 2.24) is 5.32 Å². The Hall–Kier alpha value is 0.270. The maximum Gasteiger partial charge on any atom is 0.0436 e. The number of rotatable bonds is 5. The van der Waals surface area contributed by atoms with Crippen LogP contribution in [0, 0.1) is 5.41 Å². The standard InChI is InChI=1S/C12H25NOS/c1-10-11(5-4-8-15-10)13-9-12(2,3)6-7-14/h10-11,13-14H,4-9H2,1-3H3. The molecule has 90 valence electrons. The van der Waals surface area contributed by atoms with Gasteiger partial charge in [0, 0.05) is 24.4 Å². The normalized spacial score (nSPS) is 28.0. The Morgan fingerprint density at radius 1 is 1.47 bits per heavy atom. The molecule has 2 N–H and O–H groups in total. The monoisotopic (exact) mass is 231 g/mol. The maximum absolute atomic E-state index is 8.96. The van der Waals surface area contributed by atoms with Crippen molar-refractivity contribution in [3.63, 3.8) is 0 Å². The zero-order chi connectivity index (χ0) is 11.3. The molecule has 1 aliphatic rings. The minimum atomic E-state index is 0.219. The largest absolute Gasteiger partial charge is 0.396 e. The first-order chi connectivity index (χ1) is 7.05. The molecule has 0 aliphatic carbocycles. The Bertz CT molecular complexity index is 184. The van der Waals surface area contributed by atoms with Crippen LogP contribution in [0.25, 0.3) is 0 Å². The first-order valence-electron chi connectivity index (χ1n) is 6.01. The molecule has 3 heteroatoms. The van der Waals surface area contributed by atoms with Crippen molar-refractivity contribution in [2.45, 2.75) is 51.3 Å². The van der Waals surface area contributed by atoms with E-state index < -0.39 is 0 Å². The van der Waals surface area contributed by atoms with Gasteiger partial charge in [-0.05, 0) is 30.4 Å². The molecule has 2 unspecified atom stereocenters. The molecular weight excluding hydrogens is 206 g/mol. The summed E-state index contributed by atoms with van der Waals surface area (Å²) in [5, 5.41) is 13.4. The highest BCUT2D eigenvalue weighted by molar-refractivity contribution is 7.99. The predicted octanol–water partition coefficient (Wildman–Crippen LogP) is 2.27. The number of thioether (sulfide) groups is 1. The first-order valence-corrected chi connectivity index (χ1v) is 7.06. The smallest absolute Gasteiger partial charge is 0.0436 e. The van der Waals surface area contributed by atoms with Crippen LogP contribution in [0.5, 0.6) is 0 Å². The second-order valence-corrected chi connectivity index (χ2v) is 6.83. The van der Waals surface area contributed by atoms with E-state index >= 15 is 0 Å². The Labute approximate surface area is 98.2 Å². The van der Waals surface area contributed by atoms with Gasteiger partial charge in [0.15, 0.2) is 0 Å². The van der Waals surface area contributed by atoms with Crippen LogP contribution in [0.15, 0.2) is 0 Å². The summed E-state index contributed by atoms with van der Waals surface area (Å²) >= 11 is 2.08. The van der Waals surface area contributed by atoms with Crippen molar-refractivity contribution in [1.29, 1.82) is 0 Å². The average molecular weight is 231 g/mol. The summed E-state index contributed by atoms with van der Waals surface area (Å²) in [5.74, 6) is 1.32. The number of aliphatic hydroxyl groups excluding tert-OH is 1. The molecule has 2 atom stereocenters. The fraction of sp³-hybridized carbons (Fsp3) is 1.00. The van der Waals surface area contributed by atoms with Crippen molar-refractivity contribution in [3.8, 4) is 0 Å². The summed E-state index contributed by atoms with van der Waals surface area (Å²) < 4.78 is 0. The van der Waals surface area contributed by atoms with Crippen LogP contribution >= 0.6 is 11.8 Å². The van der Waals surface area contributed by atoms with Crippen LogP contribution in [0.3, 0.4) is 0 Å². The van der Waals surface area contributed by atoms with Gasteiger partial charge in [-0.1, -0.05) is 20.8 Å². The fourth-order valence-corrected chi connectivity index (χ4v) is 3.16. The van der Waals surface area contributed by atoms with E-state index in [0.717, 1.165) is 18.2 Å². The van der Waals surface area contributed by atoms with Gasteiger partial charge in [0.25, 0.3) is 0 Å². The van der Waals surface area contributed by atoms with Gasteiger partial charge in [-0.2, -0.15) is 11.8 Å². The molecule has 0 bridgehead atoms. The molecule has 1 fully saturated rings. The second-order valence-electron chi connectivity index (χ2n) is 5.34. The van der Waals surface area contributed by atoms with Crippen molar-refractivity contribution < 1.29 is 5.11 Å². The van der Waals surface area contributed by atoms with E-state index in [1.807, 2.05) is 0 Å². The molecule has 2 nitrogen and oxygen atoms in total. The molecule has 15 heavy (non-hydrogen) atoms. The van der Waals surface area contributed by atoms with Crippen LogP contribution in [0.1, 0.15) is 40.0 Å². The van der Waals surface area contributed by atoms with Crippen LogP contribution in [-0.4, -0.2) is 35.3 Å². The number of aliphatic hydroxyl groups is 1. The van der Waals surface area contributed by atoms with E-state index in [1.54, 1.807) is 0 Å². The van der Waals surface area contributed by atoms with Gasteiger partial charge in [-0.15, -0.1) is 0 Å². The third-order valence-electron chi connectivity index (χ3n) is 3.24. The second kappa shape index (κ2) is 6.12. The molecule has 0 aromatic heterocycles. The number of hydrogen-bond acceptors (Lipinski definition) is 3. The maximum atomic E-state index is 8.96. The molecular formula is C12H25NOS. The minimum Gasteiger partial charge on any atom is -0.396 e. The first kappa shape index (κ1) is 13.3. The van der Waals surface area contributed by atoms with Crippen molar-refractivity contribution in [2.75, 3.05) is 18.9 Å². The molecule has 1 saturated heterocycles. The fourth-order valence-electron chi connectivity index (χ4n) is 1.99. The van der Waals surface area contributed by atoms with Gasteiger partial charge in [0.05, 0.1) is 0 Å². The minimum absolute atomic E-state index is 0.219. The zero-order valence-electron chi connectivity index (χ0n) is 10.3. The Balaban J connectivity index is 2.28. The number of hydrogen-bond donors (Lipinski definition) is 2. The molecule has 0 spiro atoms. The van der Waals surface area contributed by atoms with Crippen molar-refractivity contribution in [2.24, 2.45) is 5.41 Å². The average Bonchev–Trinajstić information content (AvgIpc) is 2.16. The van der Waals surface area contributed by atoms with E-state index in [-0.39, 0.29) is 5.41 Å². The molecule has 1 rings (SSSR count). The van der Waals surface area contributed by atoms with E-state index in [4.69, 9.17) is 5.11 Å². The van der Waals surface area contributed by atoms with Gasteiger partial charge >= 0.3 is 0 Å². The third-order valence-corrected chi connectivity index (χ3v) is 4.62. The van der Waals surface area contributed by atoms with Crippen molar-refractivity contribution in [3.05, 3.63) is 0 Å². The lowest BCUT2D eigenvalue weighted by Gasteiger charge is -2.33. The van der Waals surface area contributed by atoms with Crippen LogP contribution < -0.4 is 5.32 Å². The van der Waals surface area contributed by atoms with Crippen molar-refractivity contribution >= 4 is 11.8 Å². The Morgan fingerprint density at radius 3 is 2.80 bits per heavy atom. The summed E-state index contributed by atoms with van der Waals surface area (Å²) in [6.07, 6.45) is 3.53. The molecule has 1 heterocycles. The van der Waals surface area contributed by atoms with Gasteiger partial charge < -0.3 is 10.4 Å². The van der Waals surface area contributed by atoms with E-state index in [0.29, 0.717) is 12.6 Å². The quantitative estimate of drug-likeness (QED) is 0.761. The SMILES string of the molecule is CC1SCCCC1NCC(C)(C)CCO. The Morgan fingerprint density at radius 2 is 2.20 bits per heavy atom. The van der Waals surface area contributed by atoms with Gasteiger partial charge in [-0.3, -0.25) is 0 Å². The third kappa shape index (κ3) is 4.75. The number of nitrogens with one attached hydrogen (secondary N) is 1. The zero-order valence-corrected chi connectivity index (χ0v) is 11.1. The molecule has 0 aromatic rings. The van der Waals surface area contributed by atoms with Crippen LogP contribution in [0.4, 0.5) is 0 Å². The van der Waals surface area contributed by atoms with E-state index in [9.17, 15) is 0 Å². The summed E-state index contributed by atoms with van der Waals surface area (Å²) in [4.78, 5) is 0. The van der Waals surface area contributed by atoms with E-state index in [2.05, 4.69) is 37.8 Å². The van der Waals surface area contributed by atoms with Crippen LogP contribution in [0.2, 0.25) is 0 Å². The molecule has 0 saturated carbocycles. The van der Waals surface area contributed by atoms with Crippen LogP contribution in [-0.2, 0) is 0 Å². The highest BCUT2D eigenvalue weighted by Crippen LogP contribution is 2.26. The lowest BCUT2D eigenvalue weighted by atomic mass is 9.89. The molecule has 1 aliphatic heterocycles. The summed E-state index contributed by atoms with van der Waals surface area (Å²) in [6.45, 7) is 8.07. The molecule has 0 aromatic carbocycles. The van der Waals surface area contributed by atoms with E-state index in [1.165, 1.54) is 18.6 Å².